The first kappa shape index (κ1) is 15.9. The minimum absolute atomic E-state index is 0.187. The maximum absolute atomic E-state index is 6.30. The van der Waals surface area contributed by atoms with Crippen molar-refractivity contribution in [3.8, 4) is 0 Å². The summed E-state index contributed by atoms with van der Waals surface area (Å²) in [5.74, 6) is 1.84. The third-order valence-corrected chi connectivity index (χ3v) is 5.09. The molecule has 0 N–H and O–H groups in total. The first-order chi connectivity index (χ1) is 13.4. The van der Waals surface area contributed by atoms with Crippen LogP contribution in [0.25, 0.3) is 6.08 Å². The SMILES string of the molecule is C1=C(OCc2ccccc2)N2C(c3ccccc3)=NCC2c2ccccc21. The predicted octanol–water partition coefficient (Wildman–Crippen LogP) is 5.02. The first-order valence-electron chi connectivity index (χ1n) is 9.26. The molecule has 132 valence electrons. The summed E-state index contributed by atoms with van der Waals surface area (Å²) in [7, 11) is 0. The van der Waals surface area contributed by atoms with E-state index in [1.807, 2.05) is 24.3 Å². The molecule has 2 aliphatic heterocycles. The number of hydrogen-bond donors (Lipinski definition) is 0. The van der Waals surface area contributed by atoms with Crippen LogP contribution in [0.1, 0.15) is 28.3 Å². The van der Waals surface area contributed by atoms with Gasteiger partial charge in [0.05, 0.1) is 12.6 Å². The van der Waals surface area contributed by atoms with Crippen molar-refractivity contribution in [1.82, 2.24) is 4.90 Å². The lowest BCUT2D eigenvalue weighted by Gasteiger charge is -2.34. The Bertz CT molecular complexity index is 1010. The molecule has 0 fully saturated rings. The molecule has 0 aliphatic carbocycles. The minimum atomic E-state index is 0.187. The first-order valence-corrected chi connectivity index (χ1v) is 9.26. The highest BCUT2D eigenvalue weighted by atomic mass is 16.5. The summed E-state index contributed by atoms with van der Waals surface area (Å²) < 4.78 is 6.30. The summed E-state index contributed by atoms with van der Waals surface area (Å²) in [6, 6.07) is 29.3. The van der Waals surface area contributed by atoms with Crippen LogP contribution >= 0.6 is 0 Å². The van der Waals surface area contributed by atoms with Gasteiger partial charge < -0.3 is 4.74 Å². The molecule has 2 heterocycles. The molecular formula is C24H20N2O. The maximum Gasteiger partial charge on any atom is 0.196 e. The van der Waals surface area contributed by atoms with Crippen LogP contribution in [0.2, 0.25) is 0 Å². The van der Waals surface area contributed by atoms with Gasteiger partial charge in [0, 0.05) is 11.6 Å². The van der Waals surface area contributed by atoms with Crippen molar-refractivity contribution in [2.75, 3.05) is 6.54 Å². The van der Waals surface area contributed by atoms with Gasteiger partial charge in [-0.15, -0.1) is 0 Å². The second kappa shape index (κ2) is 6.76. The second-order valence-corrected chi connectivity index (χ2v) is 6.80. The summed E-state index contributed by atoms with van der Waals surface area (Å²) in [6.45, 7) is 1.29. The lowest BCUT2D eigenvalue weighted by Crippen LogP contribution is -2.34. The van der Waals surface area contributed by atoms with Crippen LogP contribution in [0.3, 0.4) is 0 Å². The second-order valence-electron chi connectivity index (χ2n) is 6.80. The van der Waals surface area contributed by atoms with E-state index in [1.54, 1.807) is 0 Å². The molecular weight excluding hydrogens is 332 g/mol. The Morgan fingerprint density at radius 2 is 1.56 bits per heavy atom. The lowest BCUT2D eigenvalue weighted by atomic mass is 9.96. The zero-order valence-corrected chi connectivity index (χ0v) is 15.0. The minimum Gasteiger partial charge on any atom is -0.474 e. The van der Waals surface area contributed by atoms with E-state index < -0.39 is 0 Å². The fraction of sp³-hybridized carbons (Fsp3) is 0.125. The fourth-order valence-electron chi connectivity index (χ4n) is 3.78. The Balaban J connectivity index is 1.52. The van der Waals surface area contributed by atoms with Crippen molar-refractivity contribution in [1.29, 1.82) is 0 Å². The molecule has 27 heavy (non-hydrogen) atoms. The Hall–Kier alpha value is -3.33. The van der Waals surface area contributed by atoms with Crippen molar-refractivity contribution in [2.24, 2.45) is 4.99 Å². The fourth-order valence-corrected chi connectivity index (χ4v) is 3.78. The topological polar surface area (TPSA) is 24.8 Å². The molecule has 0 spiro atoms. The molecule has 0 saturated heterocycles. The van der Waals surface area contributed by atoms with Crippen molar-refractivity contribution < 1.29 is 4.74 Å². The number of amidine groups is 1. The van der Waals surface area contributed by atoms with Crippen LogP contribution in [0.5, 0.6) is 0 Å². The molecule has 3 aromatic rings. The normalized spacial score (nSPS) is 17.6. The molecule has 0 saturated carbocycles. The van der Waals surface area contributed by atoms with Gasteiger partial charge in [0.1, 0.15) is 12.4 Å². The van der Waals surface area contributed by atoms with Gasteiger partial charge >= 0.3 is 0 Å². The van der Waals surface area contributed by atoms with Gasteiger partial charge in [0.2, 0.25) is 0 Å². The van der Waals surface area contributed by atoms with Crippen molar-refractivity contribution in [3.63, 3.8) is 0 Å². The maximum atomic E-state index is 6.30. The summed E-state index contributed by atoms with van der Waals surface area (Å²) in [4.78, 5) is 7.13. The average molecular weight is 352 g/mol. The highest BCUT2D eigenvalue weighted by Crippen LogP contribution is 2.39. The van der Waals surface area contributed by atoms with Gasteiger partial charge in [-0.1, -0.05) is 84.9 Å². The van der Waals surface area contributed by atoms with Crippen LogP contribution < -0.4 is 0 Å². The molecule has 1 unspecified atom stereocenters. The molecule has 0 radical (unpaired) electrons. The van der Waals surface area contributed by atoms with E-state index in [0.29, 0.717) is 6.61 Å². The molecule has 3 heteroatoms. The van der Waals surface area contributed by atoms with E-state index in [9.17, 15) is 0 Å². The Labute approximate surface area is 159 Å². The molecule has 0 bridgehead atoms. The third-order valence-electron chi connectivity index (χ3n) is 5.09. The smallest absolute Gasteiger partial charge is 0.196 e. The highest BCUT2D eigenvalue weighted by molar-refractivity contribution is 6.02. The van der Waals surface area contributed by atoms with Crippen LogP contribution in [0.4, 0.5) is 0 Å². The average Bonchev–Trinajstić information content (AvgIpc) is 3.19. The van der Waals surface area contributed by atoms with E-state index in [2.05, 4.69) is 71.6 Å². The number of hydrogen-bond acceptors (Lipinski definition) is 3. The Morgan fingerprint density at radius 3 is 2.37 bits per heavy atom. The van der Waals surface area contributed by atoms with Gasteiger partial charge in [-0.25, -0.2) is 0 Å². The number of benzene rings is 3. The van der Waals surface area contributed by atoms with E-state index >= 15 is 0 Å². The summed E-state index contributed by atoms with van der Waals surface area (Å²) >= 11 is 0. The Kier molecular flexibility index (Phi) is 3.98. The summed E-state index contributed by atoms with van der Waals surface area (Å²) in [5, 5.41) is 0. The van der Waals surface area contributed by atoms with E-state index in [1.165, 1.54) is 11.1 Å². The molecule has 1 atom stereocenters. The van der Waals surface area contributed by atoms with E-state index in [0.717, 1.165) is 29.4 Å². The van der Waals surface area contributed by atoms with Gasteiger partial charge in [-0.2, -0.15) is 0 Å². The molecule has 3 aromatic carbocycles. The highest BCUT2D eigenvalue weighted by Gasteiger charge is 2.37. The zero-order valence-electron chi connectivity index (χ0n) is 15.0. The zero-order chi connectivity index (χ0) is 18.1. The number of ether oxygens (including phenoxy) is 1. The quantitative estimate of drug-likeness (QED) is 0.659. The number of nitrogens with zero attached hydrogens (tertiary/aromatic N) is 2. The van der Waals surface area contributed by atoms with Crippen molar-refractivity contribution in [2.45, 2.75) is 12.6 Å². The van der Waals surface area contributed by atoms with Crippen LogP contribution in [-0.2, 0) is 11.3 Å². The van der Waals surface area contributed by atoms with Gasteiger partial charge in [-0.3, -0.25) is 9.89 Å². The van der Waals surface area contributed by atoms with Crippen molar-refractivity contribution >= 4 is 11.9 Å². The van der Waals surface area contributed by atoms with Gasteiger partial charge in [-0.05, 0) is 16.7 Å². The third kappa shape index (κ3) is 2.91. The molecule has 0 aromatic heterocycles. The van der Waals surface area contributed by atoms with E-state index in [-0.39, 0.29) is 6.04 Å². The van der Waals surface area contributed by atoms with Crippen LogP contribution in [0, 0.1) is 0 Å². The molecule has 5 rings (SSSR count). The van der Waals surface area contributed by atoms with Crippen LogP contribution in [0.15, 0.2) is 95.8 Å². The van der Waals surface area contributed by atoms with Gasteiger partial charge in [0.25, 0.3) is 0 Å². The number of rotatable bonds is 4. The molecule has 3 nitrogen and oxygen atoms in total. The monoisotopic (exact) mass is 352 g/mol. The number of aliphatic imine (C=N–C) groups is 1. The van der Waals surface area contributed by atoms with Gasteiger partial charge in [0.15, 0.2) is 5.88 Å². The molecule has 0 amide bonds. The summed E-state index contributed by atoms with van der Waals surface area (Å²) in [6.07, 6.45) is 2.14. The van der Waals surface area contributed by atoms with Crippen LogP contribution in [-0.4, -0.2) is 17.3 Å². The van der Waals surface area contributed by atoms with E-state index in [4.69, 9.17) is 9.73 Å². The molecule has 2 aliphatic rings. The lowest BCUT2D eigenvalue weighted by molar-refractivity contribution is 0.125. The largest absolute Gasteiger partial charge is 0.474 e. The Morgan fingerprint density at radius 1 is 0.852 bits per heavy atom. The predicted molar refractivity (Wildman–Crippen MR) is 108 cm³/mol. The van der Waals surface area contributed by atoms with Crippen molar-refractivity contribution in [3.05, 3.63) is 113 Å². The summed E-state index contributed by atoms with van der Waals surface area (Å²) in [5.41, 5.74) is 4.80. The number of fused-ring (bicyclic) bond motifs is 3. The standard InChI is InChI=1S/C24H20N2O/c1-3-9-18(10-4-1)17-27-23-15-20-13-7-8-14-21(20)22-16-25-24(26(22)23)19-11-5-2-6-12-19/h1-15,22H,16-17H2.